The highest BCUT2D eigenvalue weighted by Crippen LogP contribution is 2.46. The van der Waals surface area contributed by atoms with E-state index in [1.165, 1.54) is 0 Å². The van der Waals surface area contributed by atoms with Gasteiger partial charge in [0.15, 0.2) is 0 Å². The molecule has 1 nitrogen and oxygen atoms in total. The van der Waals surface area contributed by atoms with Crippen LogP contribution in [-0.2, 0) is 0 Å². The molecular formula is C46H28O. The molecule has 0 amide bonds. The Labute approximate surface area is 281 Å². The molecule has 0 fully saturated rings. The minimum Gasteiger partial charge on any atom is -0.456 e. The summed E-state index contributed by atoms with van der Waals surface area (Å²) in [6.07, 6.45) is 0. The van der Waals surface area contributed by atoms with E-state index in [-0.39, 0.29) is 46.5 Å². The van der Waals surface area contributed by atoms with Crippen molar-refractivity contribution in [1.82, 2.24) is 0 Å². The Hall–Kier alpha value is -6.18. The number of hydrogen-bond acceptors (Lipinski definition) is 1. The van der Waals surface area contributed by atoms with E-state index in [2.05, 4.69) is 54.6 Å². The Bertz CT molecular complexity index is 3170. The normalized spacial score (nSPS) is 13.9. The Kier molecular flexibility index (Phi) is 4.34. The Balaban J connectivity index is 1.24. The fraction of sp³-hybridized carbons (Fsp3) is 0. The highest BCUT2D eigenvalue weighted by Gasteiger charge is 2.19. The predicted molar refractivity (Wildman–Crippen MR) is 200 cm³/mol. The number of furan rings is 1. The van der Waals surface area contributed by atoms with E-state index in [0.717, 1.165) is 76.5 Å². The molecule has 0 spiro atoms. The molecule has 0 saturated carbocycles. The monoisotopic (exact) mass is 603 g/mol. The Morgan fingerprint density at radius 3 is 1.74 bits per heavy atom. The van der Waals surface area contributed by atoms with Crippen molar-refractivity contribution >= 4 is 65.0 Å². The summed E-state index contributed by atoms with van der Waals surface area (Å²) >= 11 is 0. The van der Waals surface area contributed by atoms with E-state index in [9.17, 15) is 1.37 Å². The summed E-state index contributed by atoms with van der Waals surface area (Å²) in [5, 5.41) is 7.81. The van der Waals surface area contributed by atoms with Gasteiger partial charge in [-0.2, -0.15) is 0 Å². The van der Waals surface area contributed by atoms with Crippen LogP contribution in [0.5, 0.6) is 0 Å². The molecule has 218 valence electrons. The third kappa shape index (κ3) is 3.90. The van der Waals surface area contributed by atoms with Gasteiger partial charge < -0.3 is 4.42 Å². The van der Waals surface area contributed by atoms with Crippen LogP contribution in [0, 0.1) is 0 Å². The molecule has 1 aromatic heterocycles. The van der Waals surface area contributed by atoms with Crippen molar-refractivity contribution < 1.29 is 14.0 Å². The highest BCUT2D eigenvalue weighted by molar-refractivity contribution is 6.24. The molecule has 1 heterocycles. The van der Waals surface area contributed by atoms with Gasteiger partial charge >= 0.3 is 0 Å². The molecule has 0 unspecified atom stereocenters. The third-order valence-electron chi connectivity index (χ3n) is 9.37. The lowest BCUT2D eigenvalue weighted by atomic mass is 9.84. The van der Waals surface area contributed by atoms with E-state index >= 15 is 0 Å². The van der Waals surface area contributed by atoms with Gasteiger partial charge in [0, 0.05) is 10.8 Å². The summed E-state index contributed by atoms with van der Waals surface area (Å²) in [7, 11) is 0. The first-order chi connectivity index (χ1) is 26.2. The van der Waals surface area contributed by atoms with Gasteiger partial charge in [-0.15, -0.1) is 0 Å². The van der Waals surface area contributed by atoms with Gasteiger partial charge in [-0.25, -0.2) is 0 Å². The van der Waals surface area contributed by atoms with Crippen LogP contribution in [0.4, 0.5) is 0 Å². The molecule has 0 radical (unpaired) electrons. The van der Waals surface area contributed by atoms with Crippen LogP contribution >= 0.6 is 0 Å². The molecule has 0 bridgehead atoms. The average molecular weight is 604 g/mol. The van der Waals surface area contributed by atoms with Crippen LogP contribution in [0.1, 0.15) is 9.60 Å². The van der Waals surface area contributed by atoms with Crippen LogP contribution in [0.2, 0.25) is 0 Å². The first kappa shape index (κ1) is 20.0. The molecule has 0 aliphatic carbocycles. The van der Waals surface area contributed by atoms with E-state index in [0.29, 0.717) is 5.56 Å². The van der Waals surface area contributed by atoms with Crippen LogP contribution in [0.3, 0.4) is 0 Å². The van der Waals surface area contributed by atoms with E-state index < -0.39 is 12.1 Å². The second-order valence-corrected chi connectivity index (χ2v) is 11.9. The number of benzene rings is 9. The average Bonchev–Trinajstić information content (AvgIpc) is 3.60. The lowest BCUT2D eigenvalue weighted by Gasteiger charge is -2.19. The van der Waals surface area contributed by atoms with Crippen molar-refractivity contribution in [2.24, 2.45) is 0 Å². The van der Waals surface area contributed by atoms with Gasteiger partial charge in [-0.3, -0.25) is 0 Å². The molecule has 47 heavy (non-hydrogen) atoms. The van der Waals surface area contributed by atoms with Crippen molar-refractivity contribution in [3.8, 4) is 33.4 Å². The smallest absolute Gasteiger partial charge is 0.136 e. The third-order valence-corrected chi connectivity index (χ3v) is 9.37. The zero-order valence-electron chi connectivity index (χ0n) is 32.0. The maximum atomic E-state index is 9.19. The molecular weight excluding hydrogens is 569 g/mol. The minimum absolute atomic E-state index is 0.0572. The first-order valence-electron chi connectivity index (χ1n) is 19.1. The van der Waals surface area contributed by atoms with E-state index in [4.69, 9.17) is 12.6 Å². The molecule has 0 atom stereocenters. The number of fused-ring (bicyclic) bond motifs is 8. The second kappa shape index (κ2) is 10.2. The highest BCUT2D eigenvalue weighted by atomic mass is 16.3. The van der Waals surface area contributed by atoms with Crippen molar-refractivity contribution in [3.63, 3.8) is 0 Å². The second-order valence-electron chi connectivity index (χ2n) is 11.9. The predicted octanol–water partition coefficient (Wildman–Crippen LogP) is 13.2. The van der Waals surface area contributed by atoms with Gasteiger partial charge in [0.2, 0.25) is 0 Å². The summed E-state index contributed by atoms with van der Waals surface area (Å²) in [6, 6.07) is 40.3. The van der Waals surface area contributed by atoms with E-state index in [1.807, 2.05) is 72.8 Å². The molecule has 0 aliphatic heterocycles. The van der Waals surface area contributed by atoms with Gasteiger partial charge in [0.25, 0.3) is 0 Å². The van der Waals surface area contributed by atoms with Gasteiger partial charge in [0.1, 0.15) is 11.2 Å². The molecule has 0 aliphatic rings. The first-order valence-corrected chi connectivity index (χ1v) is 15.6. The molecule has 0 N–H and O–H groups in total. The van der Waals surface area contributed by atoms with Crippen LogP contribution < -0.4 is 0 Å². The molecule has 10 rings (SSSR count). The van der Waals surface area contributed by atoms with Crippen LogP contribution in [-0.4, -0.2) is 0 Å². The quantitative estimate of drug-likeness (QED) is 0.183. The molecule has 1 heteroatoms. The largest absolute Gasteiger partial charge is 0.456 e. The summed E-state index contributed by atoms with van der Waals surface area (Å²) in [4.78, 5) is 0. The summed E-state index contributed by atoms with van der Waals surface area (Å²) in [5.41, 5.74) is 6.58. The standard InChI is InChI=1S/C46H28O/c1-3-14-33-29(11-1)13-9-21-36(33)44-39-18-7-5-16-37(39)43(38-17-6-8-19-40(38)44)32-25-23-31(24-26-32)35-20-10-22-41-45(35)46-34-15-4-2-12-30(34)27-28-42(46)47-41/h1-28H/i1D,3D,9D,11D,13D,14D,21D. The molecule has 10 aromatic rings. The maximum Gasteiger partial charge on any atom is 0.136 e. The Morgan fingerprint density at radius 1 is 0.362 bits per heavy atom. The maximum absolute atomic E-state index is 9.19. The zero-order chi connectivity index (χ0) is 37.0. The lowest BCUT2D eigenvalue weighted by Crippen LogP contribution is -1.91. The Morgan fingerprint density at radius 2 is 0.979 bits per heavy atom. The van der Waals surface area contributed by atoms with Gasteiger partial charge in [-0.1, -0.05) is 158 Å². The summed E-state index contributed by atoms with van der Waals surface area (Å²) in [5.74, 6) is 0. The van der Waals surface area contributed by atoms with Crippen LogP contribution in [0.25, 0.3) is 98.4 Å². The SMILES string of the molecule is [2H]c1c([2H])c([2H])c2c(-c3c4ccccc4c(-c4ccc(-c5cccc6oc7ccc8ccccc8c7c56)cc4)c4ccccc34)c([2H])c([2H])c([2H])c2c1[2H]. The summed E-state index contributed by atoms with van der Waals surface area (Å²) in [6.45, 7) is 0. The van der Waals surface area contributed by atoms with Crippen LogP contribution in [0.15, 0.2) is 174 Å². The number of hydrogen-bond donors (Lipinski definition) is 0. The number of rotatable bonds is 3. The lowest BCUT2D eigenvalue weighted by molar-refractivity contribution is 0.669. The van der Waals surface area contributed by atoms with E-state index in [1.54, 1.807) is 0 Å². The zero-order valence-corrected chi connectivity index (χ0v) is 25.0. The minimum atomic E-state index is -0.469. The molecule has 9 aromatic carbocycles. The van der Waals surface area contributed by atoms with Crippen molar-refractivity contribution in [3.05, 3.63) is 170 Å². The fourth-order valence-corrected chi connectivity index (χ4v) is 7.35. The fourth-order valence-electron chi connectivity index (χ4n) is 7.35. The summed E-state index contributed by atoms with van der Waals surface area (Å²) < 4.78 is 67.5. The van der Waals surface area contributed by atoms with Crippen molar-refractivity contribution in [2.45, 2.75) is 0 Å². The van der Waals surface area contributed by atoms with Crippen molar-refractivity contribution in [1.29, 1.82) is 0 Å². The topological polar surface area (TPSA) is 13.1 Å². The van der Waals surface area contributed by atoms with Crippen molar-refractivity contribution in [2.75, 3.05) is 0 Å². The van der Waals surface area contributed by atoms with Gasteiger partial charge in [-0.05, 0) is 88.6 Å². The molecule has 0 saturated heterocycles. The van der Waals surface area contributed by atoms with Gasteiger partial charge in [0.05, 0.1) is 9.60 Å².